The van der Waals surface area contributed by atoms with Crippen LogP contribution in [0.1, 0.15) is 110 Å². The van der Waals surface area contributed by atoms with Crippen LogP contribution in [-0.2, 0) is 32.8 Å². The fourth-order valence-corrected chi connectivity index (χ4v) is 6.12. The van der Waals surface area contributed by atoms with Gasteiger partial charge in [0.1, 0.15) is 43.2 Å². The highest BCUT2D eigenvalue weighted by Gasteiger charge is 2.61. The average Bonchev–Trinajstić information content (AvgIpc) is 3.28. The molecule has 0 radical (unpaired) electrons. The zero-order valence-electron chi connectivity index (χ0n) is 26.9. The maximum atomic E-state index is 12.8. The number of hydrogen-bond donors (Lipinski definition) is 8. The third-order valence-corrected chi connectivity index (χ3v) is 8.96. The molecule has 0 amide bonds. The number of unbranched alkanes of at least 4 members (excludes halogenated alkanes) is 14. The molecular weight excluding hydrogens is 631 g/mol. The molecule has 0 aromatic carbocycles. The van der Waals surface area contributed by atoms with Crippen molar-refractivity contribution in [3.05, 3.63) is 0 Å². The summed E-state index contributed by atoms with van der Waals surface area (Å²) in [5.74, 6) is -3.34. The van der Waals surface area contributed by atoms with Crippen molar-refractivity contribution in [2.75, 3.05) is 19.8 Å². The van der Waals surface area contributed by atoms with Crippen LogP contribution in [0.15, 0.2) is 0 Å². The Kier molecular flexibility index (Phi) is 19.2. The van der Waals surface area contributed by atoms with E-state index in [9.17, 15) is 49.8 Å². The highest BCUT2D eigenvalue weighted by atomic mass is 31.2. The number of hydrogen-bond acceptors (Lipinski definition) is 13. The summed E-state index contributed by atoms with van der Waals surface area (Å²) in [5, 5.41) is 60.8. The molecule has 46 heavy (non-hydrogen) atoms. The van der Waals surface area contributed by atoms with Crippen LogP contribution in [-0.4, -0.2) is 121 Å². The fraction of sp³-hybridized carbons (Fsp3) is 0.967. The molecule has 0 aromatic heterocycles. The van der Waals surface area contributed by atoms with Crippen molar-refractivity contribution in [1.29, 1.82) is 0 Å². The van der Waals surface area contributed by atoms with Gasteiger partial charge < -0.3 is 59.4 Å². The smallest absolute Gasteiger partial charge is 0.454 e. The molecule has 2 heterocycles. The van der Waals surface area contributed by atoms with E-state index >= 15 is 0 Å². The second-order valence-electron chi connectivity index (χ2n) is 12.3. The molecule has 0 unspecified atom stereocenters. The molecular formula is C30H57O15P. The number of phosphoric acid groups is 1. The topological polar surface area (TPSA) is 242 Å². The Labute approximate surface area is 271 Å². The number of aliphatic hydroxyl groups is 6. The third-order valence-electron chi connectivity index (χ3n) is 8.50. The largest absolute Gasteiger partial charge is 0.469 e. The van der Waals surface area contributed by atoms with Gasteiger partial charge in [-0.05, 0) is 6.42 Å². The number of esters is 1. The van der Waals surface area contributed by atoms with Gasteiger partial charge in [0.15, 0.2) is 12.4 Å². The number of phosphoric ester groups is 1. The van der Waals surface area contributed by atoms with E-state index in [0.717, 1.165) is 25.7 Å². The highest BCUT2D eigenvalue weighted by molar-refractivity contribution is 7.46. The molecule has 2 rings (SSSR count). The van der Waals surface area contributed by atoms with E-state index in [1.165, 1.54) is 64.2 Å². The Morgan fingerprint density at radius 3 is 1.70 bits per heavy atom. The van der Waals surface area contributed by atoms with Gasteiger partial charge in [-0.2, -0.15) is 0 Å². The molecule has 0 aromatic rings. The molecule has 0 saturated carbocycles. The molecule has 2 fully saturated rings. The quantitative estimate of drug-likeness (QED) is 0.0407. The van der Waals surface area contributed by atoms with Crippen LogP contribution in [0.4, 0.5) is 0 Å². The molecule has 8 N–H and O–H groups in total. The molecule has 0 bridgehead atoms. The molecule has 0 aliphatic carbocycles. The molecule has 2 aliphatic heterocycles. The summed E-state index contributed by atoms with van der Waals surface area (Å²) in [6.07, 6.45) is 3.08. The van der Waals surface area contributed by atoms with Gasteiger partial charge in [0.2, 0.25) is 5.79 Å². The lowest BCUT2D eigenvalue weighted by molar-refractivity contribution is -0.382. The van der Waals surface area contributed by atoms with Crippen LogP contribution < -0.4 is 0 Å². The van der Waals surface area contributed by atoms with Crippen LogP contribution in [0.25, 0.3) is 0 Å². The number of carbonyl (C=O) groups is 1. The molecule has 15 nitrogen and oxygen atoms in total. The van der Waals surface area contributed by atoms with Gasteiger partial charge >= 0.3 is 13.8 Å². The second-order valence-corrected chi connectivity index (χ2v) is 13.6. The van der Waals surface area contributed by atoms with Crippen LogP contribution in [0.5, 0.6) is 0 Å². The number of carbonyl (C=O) groups excluding carboxylic acids is 1. The standard InChI is InChI=1S/C30H57O15P/c1-2-3-4-5-6-7-8-9-10-11-12-13-14-15-16-17-23(33)43-28-25(35)22(19-32)44-30(28,20-41-46(38,39)40)45-29-27(37)26(36)24(34)21(18-31)42-29/h21-22,24-29,31-32,34-37H,2-20H2,1H3,(H2,38,39,40)/t21-,22-,24-,25-,26+,27-,28+,29-,30+/m1/s1. The first-order valence-electron chi connectivity index (χ1n) is 16.7. The minimum Gasteiger partial charge on any atom is -0.454 e. The van der Waals surface area contributed by atoms with E-state index in [1.807, 2.05) is 0 Å². The summed E-state index contributed by atoms with van der Waals surface area (Å²) in [5.41, 5.74) is 0. The zero-order chi connectivity index (χ0) is 34.2. The van der Waals surface area contributed by atoms with Crippen molar-refractivity contribution in [2.45, 2.75) is 164 Å². The first-order valence-corrected chi connectivity index (χ1v) is 18.3. The summed E-state index contributed by atoms with van der Waals surface area (Å²) in [6, 6.07) is 0. The number of ether oxygens (including phenoxy) is 4. The van der Waals surface area contributed by atoms with Crippen molar-refractivity contribution < 1.29 is 73.3 Å². The SMILES string of the molecule is CCCCCCCCCCCCCCCCCC(=O)O[C@H]1[C@H](O)[C@@H](CO)O[C@@]1(COP(=O)(O)O)O[C@H]1O[C@H](CO)[C@@H](O)[C@H](O)[C@H]1O. The molecule has 9 atom stereocenters. The Hall–Kier alpha value is -0.780. The lowest BCUT2D eigenvalue weighted by Gasteiger charge is -2.43. The molecule has 0 spiro atoms. The lowest BCUT2D eigenvalue weighted by Crippen LogP contribution is -2.63. The minimum atomic E-state index is -5.20. The van der Waals surface area contributed by atoms with Crippen molar-refractivity contribution in [1.82, 2.24) is 0 Å². The van der Waals surface area contributed by atoms with Crippen molar-refractivity contribution >= 4 is 13.8 Å². The lowest BCUT2D eigenvalue weighted by atomic mass is 9.99. The monoisotopic (exact) mass is 688 g/mol. The van der Waals surface area contributed by atoms with E-state index in [4.69, 9.17) is 18.9 Å². The van der Waals surface area contributed by atoms with E-state index in [0.29, 0.717) is 6.42 Å². The Morgan fingerprint density at radius 1 is 0.717 bits per heavy atom. The summed E-state index contributed by atoms with van der Waals surface area (Å²) < 4.78 is 38.1. The van der Waals surface area contributed by atoms with Crippen molar-refractivity contribution in [3.63, 3.8) is 0 Å². The van der Waals surface area contributed by atoms with Gasteiger partial charge in [0, 0.05) is 6.42 Å². The summed E-state index contributed by atoms with van der Waals surface area (Å²) in [7, 11) is -5.20. The first kappa shape index (κ1) is 41.4. The molecule has 2 saturated heterocycles. The van der Waals surface area contributed by atoms with Crippen LogP contribution in [0.3, 0.4) is 0 Å². The predicted octanol–water partition coefficient (Wildman–Crippen LogP) is 1.53. The fourth-order valence-electron chi connectivity index (χ4n) is 5.77. The normalized spacial score (nSPS) is 31.8. The van der Waals surface area contributed by atoms with E-state index in [-0.39, 0.29) is 6.42 Å². The molecule has 16 heteroatoms. The Bertz CT molecular complexity index is 888. The minimum absolute atomic E-state index is 0.0548. The van der Waals surface area contributed by atoms with Gasteiger partial charge in [-0.25, -0.2) is 4.57 Å². The maximum Gasteiger partial charge on any atom is 0.469 e. The highest BCUT2D eigenvalue weighted by Crippen LogP contribution is 2.43. The van der Waals surface area contributed by atoms with E-state index in [2.05, 4.69) is 11.4 Å². The van der Waals surface area contributed by atoms with Crippen molar-refractivity contribution in [2.24, 2.45) is 0 Å². The summed E-state index contributed by atoms with van der Waals surface area (Å²) in [4.78, 5) is 31.5. The zero-order valence-corrected chi connectivity index (χ0v) is 27.8. The summed E-state index contributed by atoms with van der Waals surface area (Å²) >= 11 is 0. The van der Waals surface area contributed by atoms with Gasteiger partial charge in [0.05, 0.1) is 13.2 Å². The maximum absolute atomic E-state index is 12.8. The Balaban J connectivity index is 1.88. The van der Waals surface area contributed by atoms with Crippen molar-refractivity contribution in [3.8, 4) is 0 Å². The van der Waals surface area contributed by atoms with Crippen LogP contribution >= 0.6 is 7.82 Å². The van der Waals surface area contributed by atoms with E-state index < -0.39 is 88.4 Å². The molecule has 2 aliphatic rings. The van der Waals surface area contributed by atoms with Gasteiger partial charge in [0.25, 0.3) is 0 Å². The second kappa shape index (κ2) is 21.3. The van der Waals surface area contributed by atoms with Crippen LogP contribution in [0, 0.1) is 0 Å². The van der Waals surface area contributed by atoms with Crippen LogP contribution in [0.2, 0.25) is 0 Å². The molecule has 272 valence electrons. The number of aliphatic hydroxyl groups excluding tert-OH is 6. The summed E-state index contributed by atoms with van der Waals surface area (Å²) in [6.45, 7) is -0.585. The first-order chi connectivity index (χ1) is 21.9. The third kappa shape index (κ3) is 13.6. The number of rotatable bonds is 24. The Morgan fingerprint density at radius 2 is 1.22 bits per heavy atom. The average molecular weight is 689 g/mol. The van der Waals surface area contributed by atoms with Gasteiger partial charge in [-0.1, -0.05) is 96.8 Å². The predicted molar refractivity (Wildman–Crippen MR) is 163 cm³/mol. The van der Waals surface area contributed by atoms with Gasteiger partial charge in [-0.3, -0.25) is 9.32 Å². The van der Waals surface area contributed by atoms with Gasteiger partial charge in [-0.15, -0.1) is 0 Å². The van der Waals surface area contributed by atoms with E-state index in [1.54, 1.807) is 0 Å².